The van der Waals surface area contributed by atoms with Crippen LogP contribution < -0.4 is 14.4 Å². The number of amides is 2. The molecule has 0 radical (unpaired) electrons. The number of methoxy groups -OCH3 is 1. The summed E-state index contributed by atoms with van der Waals surface area (Å²) in [7, 11) is -2.99. The second kappa shape index (κ2) is 13.7. The summed E-state index contributed by atoms with van der Waals surface area (Å²) in [6.45, 7) is 4.29. The van der Waals surface area contributed by atoms with Crippen LogP contribution in [0.15, 0.2) is 83.8 Å². The molecule has 0 fully saturated rings. The molecule has 0 aliphatic rings. The smallest absolute Gasteiger partial charge is 0.416 e. The molecule has 0 heterocycles. The van der Waals surface area contributed by atoms with Gasteiger partial charge in [0.05, 0.1) is 23.3 Å². The number of benzene rings is 3. The third-order valence-electron chi connectivity index (χ3n) is 6.75. The Labute approximate surface area is 244 Å². The van der Waals surface area contributed by atoms with Crippen molar-refractivity contribution in [2.45, 2.75) is 56.9 Å². The number of ether oxygens (including phenoxy) is 1. The number of nitrogens with zero attached hydrogens (tertiary/aromatic N) is 2. The molecule has 2 amide bonds. The average molecular weight is 606 g/mol. The number of halogens is 3. The van der Waals surface area contributed by atoms with Crippen molar-refractivity contribution in [3.8, 4) is 5.75 Å². The zero-order valence-electron chi connectivity index (χ0n) is 23.8. The normalized spacial score (nSPS) is 13.1. The van der Waals surface area contributed by atoms with Gasteiger partial charge < -0.3 is 15.0 Å². The minimum atomic E-state index is -4.74. The molecule has 226 valence electrons. The molecule has 3 aromatic rings. The van der Waals surface area contributed by atoms with Gasteiger partial charge in [-0.2, -0.15) is 13.2 Å². The number of hydrogen-bond donors (Lipinski definition) is 1. The molecule has 0 bridgehead atoms. The highest BCUT2D eigenvalue weighted by molar-refractivity contribution is 7.92. The summed E-state index contributed by atoms with van der Waals surface area (Å²) >= 11 is 0. The lowest BCUT2D eigenvalue weighted by atomic mass is 10.1. The summed E-state index contributed by atoms with van der Waals surface area (Å²) < 4.78 is 74.0. The van der Waals surface area contributed by atoms with Crippen LogP contribution in [0.25, 0.3) is 0 Å². The minimum absolute atomic E-state index is 0.0697. The molecule has 42 heavy (non-hydrogen) atoms. The number of alkyl halides is 3. The number of sulfonamides is 1. The maximum absolute atomic E-state index is 13.9. The predicted molar refractivity (Wildman–Crippen MR) is 153 cm³/mol. The average Bonchev–Trinajstić information content (AvgIpc) is 2.98. The van der Waals surface area contributed by atoms with Gasteiger partial charge in [0.15, 0.2) is 0 Å². The monoisotopic (exact) mass is 605 g/mol. The Kier molecular flexibility index (Phi) is 10.6. The van der Waals surface area contributed by atoms with E-state index in [0.29, 0.717) is 28.1 Å². The molecule has 1 N–H and O–H groups in total. The second-order valence-electron chi connectivity index (χ2n) is 9.74. The summed E-state index contributed by atoms with van der Waals surface area (Å²) in [5.41, 5.74) is -0.788. The largest absolute Gasteiger partial charge is 0.497 e. The van der Waals surface area contributed by atoms with E-state index >= 15 is 0 Å². The van der Waals surface area contributed by atoms with E-state index in [1.165, 1.54) is 49.3 Å². The highest BCUT2D eigenvalue weighted by Gasteiger charge is 2.35. The van der Waals surface area contributed by atoms with Gasteiger partial charge in [0.2, 0.25) is 11.8 Å². The first kappa shape index (κ1) is 32.5. The Morgan fingerprint density at radius 1 is 0.952 bits per heavy atom. The van der Waals surface area contributed by atoms with Gasteiger partial charge in [0, 0.05) is 12.6 Å². The molecule has 0 aliphatic heterocycles. The van der Waals surface area contributed by atoms with Gasteiger partial charge in [-0.05, 0) is 68.3 Å². The first-order valence-corrected chi connectivity index (χ1v) is 14.7. The van der Waals surface area contributed by atoms with Crippen LogP contribution in [0.3, 0.4) is 0 Å². The van der Waals surface area contributed by atoms with Crippen LogP contribution in [0.5, 0.6) is 5.75 Å². The third-order valence-corrected chi connectivity index (χ3v) is 8.54. The van der Waals surface area contributed by atoms with Gasteiger partial charge >= 0.3 is 6.18 Å². The summed E-state index contributed by atoms with van der Waals surface area (Å²) in [5, 5.41) is 2.82. The first-order valence-electron chi connectivity index (χ1n) is 13.3. The highest BCUT2D eigenvalue weighted by atomic mass is 32.2. The molecular formula is C30H34F3N3O5S. The van der Waals surface area contributed by atoms with Crippen LogP contribution >= 0.6 is 0 Å². The van der Waals surface area contributed by atoms with Crippen molar-refractivity contribution in [1.29, 1.82) is 0 Å². The van der Waals surface area contributed by atoms with Gasteiger partial charge in [0.25, 0.3) is 10.0 Å². The number of carbonyl (C=O) groups is 2. The fraction of sp³-hybridized carbons (Fsp3) is 0.333. The molecular weight excluding hydrogens is 571 g/mol. The molecule has 0 aromatic heterocycles. The lowest BCUT2D eigenvalue weighted by Gasteiger charge is -2.32. The van der Waals surface area contributed by atoms with Crippen molar-refractivity contribution >= 4 is 27.5 Å². The summed E-state index contributed by atoms with van der Waals surface area (Å²) in [6.07, 6.45) is -4.10. The third kappa shape index (κ3) is 8.03. The Morgan fingerprint density at radius 2 is 1.60 bits per heavy atom. The Bertz CT molecular complexity index is 1470. The van der Waals surface area contributed by atoms with E-state index in [1.807, 2.05) is 13.8 Å². The van der Waals surface area contributed by atoms with Crippen molar-refractivity contribution in [2.75, 3.05) is 18.0 Å². The van der Waals surface area contributed by atoms with E-state index in [0.717, 1.165) is 12.1 Å². The molecule has 8 nitrogen and oxygen atoms in total. The summed E-state index contributed by atoms with van der Waals surface area (Å²) in [5.74, 6) is -0.666. The van der Waals surface area contributed by atoms with E-state index < -0.39 is 46.2 Å². The Balaban J connectivity index is 2.07. The van der Waals surface area contributed by atoms with Crippen molar-refractivity contribution in [3.05, 3.63) is 90.0 Å². The number of rotatable bonds is 12. The fourth-order valence-electron chi connectivity index (χ4n) is 4.06. The molecule has 2 atom stereocenters. The van der Waals surface area contributed by atoms with Gasteiger partial charge in [-0.3, -0.25) is 13.9 Å². The lowest BCUT2D eigenvalue weighted by Crippen LogP contribution is -2.52. The van der Waals surface area contributed by atoms with E-state index in [4.69, 9.17) is 4.74 Å². The Hall–Kier alpha value is -4.06. The number of nitrogens with one attached hydrogen (secondary N) is 1. The molecule has 12 heteroatoms. The van der Waals surface area contributed by atoms with Crippen molar-refractivity contribution in [2.24, 2.45) is 0 Å². The van der Waals surface area contributed by atoms with E-state index in [9.17, 15) is 31.2 Å². The van der Waals surface area contributed by atoms with E-state index in [1.54, 1.807) is 30.3 Å². The van der Waals surface area contributed by atoms with Crippen molar-refractivity contribution in [1.82, 2.24) is 10.2 Å². The quantitative estimate of drug-likeness (QED) is 0.305. The van der Waals surface area contributed by atoms with Crippen LogP contribution in [-0.4, -0.2) is 50.9 Å². The molecule has 0 unspecified atom stereocenters. The highest BCUT2D eigenvalue weighted by Crippen LogP contribution is 2.33. The second-order valence-corrected chi connectivity index (χ2v) is 11.6. The maximum Gasteiger partial charge on any atom is 0.416 e. The van der Waals surface area contributed by atoms with Crippen molar-refractivity contribution in [3.63, 3.8) is 0 Å². The minimum Gasteiger partial charge on any atom is -0.497 e. The van der Waals surface area contributed by atoms with Gasteiger partial charge in [-0.25, -0.2) is 8.42 Å². The van der Waals surface area contributed by atoms with E-state index in [2.05, 4.69) is 5.32 Å². The van der Waals surface area contributed by atoms with Crippen LogP contribution in [0.1, 0.15) is 38.3 Å². The zero-order valence-corrected chi connectivity index (χ0v) is 24.6. The van der Waals surface area contributed by atoms with Crippen LogP contribution in [0.2, 0.25) is 0 Å². The molecule has 0 saturated carbocycles. The van der Waals surface area contributed by atoms with Gasteiger partial charge in [0.1, 0.15) is 18.3 Å². The number of hydrogen-bond acceptors (Lipinski definition) is 5. The summed E-state index contributed by atoms with van der Waals surface area (Å²) in [4.78, 5) is 28.0. The van der Waals surface area contributed by atoms with Gasteiger partial charge in [-0.15, -0.1) is 0 Å². The SMILES string of the molecule is CC[C@@H](C)NC(=O)[C@H](C)N(Cc1ccc(OC)cc1)C(=O)CN(c1cccc(C(F)(F)F)c1)S(=O)(=O)c1ccccc1. The fourth-order valence-corrected chi connectivity index (χ4v) is 5.49. The Morgan fingerprint density at radius 3 is 2.17 bits per heavy atom. The van der Waals surface area contributed by atoms with E-state index in [-0.39, 0.29) is 23.2 Å². The summed E-state index contributed by atoms with van der Waals surface area (Å²) in [6, 6.07) is 16.4. The van der Waals surface area contributed by atoms with Crippen LogP contribution in [0.4, 0.5) is 18.9 Å². The maximum atomic E-state index is 13.9. The molecule has 0 spiro atoms. The van der Waals surface area contributed by atoms with Crippen molar-refractivity contribution < 1.29 is 35.9 Å². The number of carbonyl (C=O) groups excluding carboxylic acids is 2. The first-order chi connectivity index (χ1) is 19.8. The predicted octanol–water partition coefficient (Wildman–Crippen LogP) is 5.24. The molecule has 0 saturated heterocycles. The molecule has 3 rings (SSSR count). The number of anilines is 1. The molecule has 3 aromatic carbocycles. The standard InChI is InChI=1S/C30H34F3N3O5S/c1-5-21(2)34-29(38)22(3)35(19-23-14-16-26(41-4)17-15-23)28(37)20-36(42(39,40)27-12-7-6-8-13-27)25-11-9-10-24(18-25)30(31,32)33/h6-18,21-22H,5,19-20H2,1-4H3,(H,34,38)/t21-,22+/m1/s1. The lowest BCUT2D eigenvalue weighted by molar-refractivity contribution is -0.139. The van der Waals surface area contributed by atoms with Gasteiger partial charge in [-0.1, -0.05) is 43.3 Å². The van der Waals surface area contributed by atoms with Crippen LogP contribution in [0, 0.1) is 0 Å². The molecule has 0 aliphatic carbocycles. The topological polar surface area (TPSA) is 96.0 Å². The zero-order chi connectivity index (χ0) is 31.1. The van der Waals surface area contributed by atoms with Crippen LogP contribution in [-0.2, 0) is 32.3 Å².